The highest BCUT2D eigenvalue weighted by molar-refractivity contribution is 5.74. The normalized spacial score (nSPS) is 8.00. The van der Waals surface area contributed by atoms with Crippen molar-refractivity contribution in [3.05, 3.63) is 5.21 Å². The lowest BCUT2D eigenvalue weighted by atomic mass is 10.6. The zero-order chi connectivity index (χ0) is 5.86. The first-order valence-electron chi connectivity index (χ1n) is 1.66. The highest BCUT2D eigenvalue weighted by Crippen LogP contribution is 1.60. The zero-order valence-electron chi connectivity index (χ0n) is 3.76. The molecule has 0 atom stereocenters. The molecule has 0 radical (unpaired) electrons. The lowest BCUT2D eigenvalue weighted by Gasteiger charge is -1.93. The SMILES string of the molecule is C=[N+]([O-])CC(N)=O. The summed E-state index contributed by atoms with van der Waals surface area (Å²) in [7, 11) is 0. The Morgan fingerprint density at radius 3 is 2.43 bits per heavy atom. The number of nitrogens with two attached hydrogens (primary N) is 1. The Morgan fingerprint density at radius 2 is 2.43 bits per heavy atom. The Morgan fingerprint density at radius 1 is 2.00 bits per heavy atom. The van der Waals surface area contributed by atoms with Crippen molar-refractivity contribution in [3.8, 4) is 0 Å². The van der Waals surface area contributed by atoms with E-state index in [1.807, 2.05) is 0 Å². The standard InChI is InChI=1S/C3H6N2O2/c1-5(7)2-3(4)6/h1-2H2,(H2,4,6). The Labute approximate surface area is 40.8 Å². The van der Waals surface area contributed by atoms with Crippen LogP contribution in [-0.2, 0) is 4.79 Å². The second kappa shape index (κ2) is 2.17. The second-order valence-corrected chi connectivity index (χ2v) is 1.11. The number of carbonyl (C=O) groups excluding carboxylic acids is 1. The minimum atomic E-state index is -0.662. The quantitative estimate of drug-likeness (QED) is 0.203. The van der Waals surface area contributed by atoms with Crippen molar-refractivity contribution in [3.63, 3.8) is 0 Å². The molecule has 0 aromatic rings. The van der Waals surface area contributed by atoms with Crippen molar-refractivity contribution in [2.45, 2.75) is 0 Å². The van der Waals surface area contributed by atoms with Gasteiger partial charge in [-0.1, -0.05) is 0 Å². The zero-order valence-corrected chi connectivity index (χ0v) is 3.76. The van der Waals surface area contributed by atoms with Gasteiger partial charge in [-0.3, -0.25) is 4.79 Å². The number of hydrogen-bond donors (Lipinski definition) is 1. The highest BCUT2D eigenvalue weighted by Gasteiger charge is 1.93. The van der Waals surface area contributed by atoms with Crippen LogP contribution < -0.4 is 5.73 Å². The van der Waals surface area contributed by atoms with E-state index in [9.17, 15) is 10.0 Å². The molecule has 7 heavy (non-hydrogen) atoms. The van der Waals surface area contributed by atoms with E-state index >= 15 is 0 Å². The molecule has 0 spiro atoms. The van der Waals surface area contributed by atoms with E-state index in [1.54, 1.807) is 0 Å². The maximum absolute atomic E-state index is 9.76. The topological polar surface area (TPSA) is 69.2 Å². The molecule has 0 rings (SSSR count). The maximum atomic E-state index is 9.76. The van der Waals surface area contributed by atoms with Gasteiger partial charge in [-0.25, -0.2) is 4.74 Å². The first-order valence-corrected chi connectivity index (χ1v) is 1.66. The molecule has 0 saturated heterocycles. The van der Waals surface area contributed by atoms with Gasteiger partial charge in [-0.05, 0) is 0 Å². The first kappa shape index (κ1) is 5.94. The third kappa shape index (κ3) is 4.94. The summed E-state index contributed by atoms with van der Waals surface area (Å²) in [5.74, 6) is -0.662. The van der Waals surface area contributed by atoms with E-state index in [1.165, 1.54) is 0 Å². The summed E-state index contributed by atoms with van der Waals surface area (Å²) in [6.45, 7) is 2.52. The molecular weight excluding hydrogens is 96.0 g/mol. The summed E-state index contributed by atoms with van der Waals surface area (Å²) in [5, 5.41) is 9.76. The van der Waals surface area contributed by atoms with E-state index in [2.05, 4.69) is 12.5 Å². The van der Waals surface area contributed by atoms with Crippen molar-refractivity contribution in [1.29, 1.82) is 0 Å². The average molecular weight is 102 g/mol. The maximum Gasteiger partial charge on any atom is 0.284 e. The third-order valence-electron chi connectivity index (χ3n) is 0.332. The summed E-state index contributed by atoms with van der Waals surface area (Å²) >= 11 is 0. The average Bonchev–Trinajstić information content (AvgIpc) is 1.27. The molecule has 0 heterocycles. The van der Waals surface area contributed by atoms with Crippen LogP contribution >= 0.6 is 0 Å². The van der Waals surface area contributed by atoms with Crippen LogP contribution in [-0.4, -0.2) is 23.9 Å². The van der Waals surface area contributed by atoms with Crippen molar-refractivity contribution in [1.82, 2.24) is 0 Å². The summed E-state index contributed by atoms with van der Waals surface area (Å²) in [5.41, 5.74) is 4.57. The molecular formula is C3H6N2O2. The lowest BCUT2D eigenvalue weighted by Crippen LogP contribution is -2.22. The van der Waals surface area contributed by atoms with E-state index in [0.717, 1.165) is 0 Å². The van der Waals surface area contributed by atoms with Crippen molar-refractivity contribution < 1.29 is 9.53 Å². The smallest absolute Gasteiger partial charge is 0.284 e. The Hall–Kier alpha value is -1.06. The van der Waals surface area contributed by atoms with Crippen molar-refractivity contribution in [2.24, 2.45) is 5.73 Å². The molecule has 0 unspecified atom stereocenters. The molecule has 2 N–H and O–H groups in total. The summed E-state index contributed by atoms with van der Waals surface area (Å²) < 4.78 is 0.225. The molecule has 0 aliphatic rings. The van der Waals surface area contributed by atoms with Crippen LogP contribution in [0.4, 0.5) is 0 Å². The van der Waals surface area contributed by atoms with Gasteiger partial charge in [0.25, 0.3) is 5.91 Å². The van der Waals surface area contributed by atoms with Crippen LogP contribution in [0.5, 0.6) is 0 Å². The number of rotatable bonds is 2. The van der Waals surface area contributed by atoms with Crippen LogP contribution in [0, 0.1) is 5.21 Å². The summed E-state index contributed by atoms with van der Waals surface area (Å²) in [4.78, 5) is 9.75. The predicted molar refractivity (Wildman–Crippen MR) is 24.8 cm³/mol. The van der Waals surface area contributed by atoms with Crippen LogP contribution in [0.2, 0.25) is 0 Å². The Balaban J connectivity index is 3.32. The van der Waals surface area contributed by atoms with Gasteiger partial charge in [0.2, 0.25) is 6.54 Å². The number of carbonyl (C=O) groups is 1. The minimum Gasteiger partial charge on any atom is -0.624 e. The fourth-order valence-electron chi connectivity index (χ4n) is 0.174. The van der Waals surface area contributed by atoms with E-state index < -0.39 is 5.91 Å². The number of amides is 1. The molecule has 4 nitrogen and oxygen atoms in total. The van der Waals surface area contributed by atoms with E-state index in [-0.39, 0.29) is 11.3 Å². The van der Waals surface area contributed by atoms with Gasteiger partial charge >= 0.3 is 0 Å². The number of hydrogen-bond acceptors (Lipinski definition) is 2. The molecule has 0 bridgehead atoms. The van der Waals surface area contributed by atoms with Gasteiger partial charge in [0, 0.05) is 0 Å². The molecule has 1 amide bonds. The number of hydroxylamine groups is 1. The molecule has 0 aliphatic heterocycles. The largest absolute Gasteiger partial charge is 0.624 e. The molecule has 0 fully saturated rings. The van der Waals surface area contributed by atoms with E-state index in [4.69, 9.17) is 0 Å². The Kier molecular flexibility index (Phi) is 1.84. The molecule has 40 valence electrons. The van der Waals surface area contributed by atoms with Gasteiger partial charge in [0.15, 0.2) is 0 Å². The minimum absolute atomic E-state index is 0.225. The molecule has 0 aromatic carbocycles. The van der Waals surface area contributed by atoms with Crippen LogP contribution in [0.1, 0.15) is 0 Å². The monoisotopic (exact) mass is 102 g/mol. The third-order valence-corrected chi connectivity index (χ3v) is 0.332. The predicted octanol–water partition coefficient (Wildman–Crippen LogP) is -1.32. The van der Waals surface area contributed by atoms with Gasteiger partial charge < -0.3 is 10.9 Å². The molecule has 0 aromatic heterocycles. The molecule has 4 heteroatoms. The summed E-state index contributed by atoms with van der Waals surface area (Å²) in [6.07, 6.45) is 0. The second-order valence-electron chi connectivity index (χ2n) is 1.11. The Bertz CT molecular complexity index is 87.1. The van der Waals surface area contributed by atoms with Gasteiger partial charge in [0.1, 0.15) is 6.72 Å². The number of nitrogens with zero attached hydrogens (tertiary/aromatic N) is 1. The molecule has 0 saturated carbocycles. The van der Waals surface area contributed by atoms with Crippen LogP contribution in [0.25, 0.3) is 0 Å². The van der Waals surface area contributed by atoms with Gasteiger partial charge in [0.05, 0.1) is 0 Å². The van der Waals surface area contributed by atoms with Gasteiger partial charge in [-0.15, -0.1) is 0 Å². The van der Waals surface area contributed by atoms with Crippen LogP contribution in [0.15, 0.2) is 0 Å². The van der Waals surface area contributed by atoms with E-state index in [0.29, 0.717) is 0 Å². The molecule has 0 aliphatic carbocycles. The fraction of sp³-hybridized carbons (Fsp3) is 0.333. The first-order chi connectivity index (χ1) is 3.13. The fourth-order valence-corrected chi connectivity index (χ4v) is 0.174. The lowest BCUT2D eigenvalue weighted by molar-refractivity contribution is -0.435. The van der Waals surface area contributed by atoms with Crippen molar-refractivity contribution in [2.75, 3.05) is 6.54 Å². The van der Waals surface area contributed by atoms with Gasteiger partial charge in [-0.2, -0.15) is 0 Å². The van der Waals surface area contributed by atoms with Crippen molar-refractivity contribution >= 4 is 12.6 Å². The highest BCUT2D eigenvalue weighted by atomic mass is 16.5. The number of primary amides is 1. The van der Waals surface area contributed by atoms with Crippen LogP contribution in [0.3, 0.4) is 0 Å². The summed E-state index contributed by atoms with van der Waals surface area (Å²) in [6, 6.07) is 0.